The van der Waals surface area contributed by atoms with Crippen LogP contribution in [-0.2, 0) is 9.47 Å². The molecule has 0 aromatic carbocycles. The summed E-state index contributed by atoms with van der Waals surface area (Å²) >= 11 is 0. The van der Waals surface area contributed by atoms with Crippen LogP contribution in [0.3, 0.4) is 0 Å². The number of allylic oxidation sites excluding steroid dienone is 2. The van der Waals surface area contributed by atoms with E-state index < -0.39 is 0 Å². The summed E-state index contributed by atoms with van der Waals surface area (Å²) in [5.41, 5.74) is 5.37. The van der Waals surface area contributed by atoms with Crippen molar-refractivity contribution in [3.05, 3.63) is 35.5 Å². The summed E-state index contributed by atoms with van der Waals surface area (Å²) in [6.45, 7) is 25.9. The second-order valence-electron chi connectivity index (χ2n) is 25.6. The average Bonchev–Trinajstić information content (AvgIpc) is 3.81. The second kappa shape index (κ2) is 19.6. The molecule has 6 saturated carbocycles. The third kappa shape index (κ3) is 8.95. The Balaban J connectivity index is 0.833. The number of rotatable bonds is 16. The molecule has 0 radical (unpaired) electrons. The highest BCUT2D eigenvalue weighted by Crippen LogP contribution is 2.69. The highest BCUT2D eigenvalue weighted by molar-refractivity contribution is 6.03. The van der Waals surface area contributed by atoms with Gasteiger partial charge in [-0.2, -0.15) is 0 Å². The Hall–Kier alpha value is -1.92. The monoisotopic (exact) mass is 883 g/mol. The van der Waals surface area contributed by atoms with Crippen LogP contribution in [0.1, 0.15) is 198 Å². The number of hydrogen-bond donors (Lipinski definition) is 2. The van der Waals surface area contributed by atoms with Crippen LogP contribution in [0.2, 0.25) is 0 Å². The minimum absolute atomic E-state index is 0.0383. The van der Waals surface area contributed by atoms with Gasteiger partial charge in [-0.3, -0.25) is 0 Å². The van der Waals surface area contributed by atoms with Crippen molar-refractivity contribution in [2.24, 2.45) is 103 Å². The molecule has 360 valence electrons. The quantitative estimate of drug-likeness (QED) is 0.0919. The Labute approximate surface area is 391 Å². The molecule has 0 aliphatic heterocycles. The normalized spacial score (nSPS) is 43.9. The molecule has 0 aromatic heterocycles. The van der Waals surface area contributed by atoms with Crippen molar-refractivity contribution < 1.29 is 19.9 Å². The number of nitrogens with zero attached hydrogens (tertiary/aromatic N) is 2. The molecular weight excluding hydrogens is 789 g/mol. The summed E-state index contributed by atoms with van der Waals surface area (Å²) < 4.78 is 13.0. The zero-order chi connectivity index (χ0) is 45.6. The van der Waals surface area contributed by atoms with E-state index in [1.165, 1.54) is 101 Å². The van der Waals surface area contributed by atoms with E-state index in [-0.39, 0.29) is 23.0 Å². The lowest BCUT2D eigenvalue weighted by Crippen LogP contribution is -2.53. The zero-order valence-electron chi connectivity index (χ0n) is 42.6. The molecule has 16 atom stereocenters. The molecule has 0 bridgehead atoms. The van der Waals surface area contributed by atoms with Crippen LogP contribution in [0, 0.1) is 92.7 Å². The molecule has 0 spiro atoms. The van der Waals surface area contributed by atoms with Crippen LogP contribution >= 0.6 is 0 Å². The standard InChI is InChI=1S/C58H94N2O4/c1-37(2)15-13-17-39(5)45-19-21-47-43-35-53(59-61)51-33-41(23-27-57(51,9)49(43)25-29-55(45,47)7)63-31-11-12-32-64-42-24-28-58(10)50-26-30-56(8)46(40(6)18-14-16-38(3)4)20-22-48(56)44(50)36-54(60-62)52(58)34-42/h11-12,33-34,37-50,61-62H,13-32,35-36H2,1-10H3/b12-11+,59-53+,60-54+/t39-,40-,41+,42+,43+,44+,45-,46-,47+,48+,49+,50+,55-,56-,57-,58-/m1/s1. The van der Waals surface area contributed by atoms with Gasteiger partial charge in [0.2, 0.25) is 0 Å². The molecule has 8 rings (SSSR count). The summed E-state index contributed by atoms with van der Waals surface area (Å²) in [4.78, 5) is 0. The Morgan fingerprint density at radius 2 is 0.953 bits per heavy atom. The van der Waals surface area contributed by atoms with Crippen LogP contribution in [0.25, 0.3) is 0 Å². The number of oxime groups is 2. The third-order valence-corrected chi connectivity index (χ3v) is 21.4. The first-order valence-corrected chi connectivity index (χ1v) is 27.3. The van der Waals surface area contributed by atoms with Gasteiger partial charge in [0.15, 0.2) is 0 Å². The van der Waals surface area contributed by atoms with Gasteiger partial charge in [-0.25, -0.2) is 0 Å². The first-order chi connectivity index (χ1) is 30.6. The minimum atomic E-state index is 0.0383. The zero-order valence-corrected chi connectivity index (χ0v) is 42.6. The Bertz CT molecular complexity index is 1650. The predicted molar refractivity (Wildman–Crippen MR) is 264 cm³/mol. The molecule has 64 heavy (non-hydrogen) atoms. The largest absolute Gasteiger partial charge is 0.411 e. The van der Waals surface area contributed by atoms with Crippen LogP contribution in [0.15, 0.2) is 45.8 Å². The van der Waals surface area contributed by atoms with Gasteiger partial charge in [-0.05, 0) is 194 Å². The molecular formula is C58H94N2O4. The molecule has 2 N–H and O–H groups in total. The molecule has 6 heteroatoms. The highest BCUT2D eigenvalue weighted by Gasteiger charge is 2.62. The maximum Gasteiger partial charge on any atom is 0.0833 e. The van der Waals surface area contributed by atoms with E-state index in [9.17, 15) is 10.4 Å². The molecule has 0 aromatic rings. The fourth-order valence-corrected chi connectivity index (χ4v) is 18.1. The fourth-order valence-electron chi connectivity index (χ4n) is 18.1. The van der Waals surface area contributed by atoms with Crippen molar-refractivity contribution in [3.63, 3.8) is 0 Å². The molecule has 6 nitrogen and oxygen atoms in total. The number of ether oxygens (including phenoxy) is 2. The van der Waals surface area contributed by atoms with Crippen LogP contribution in [0.4, 0.5) is 0 Å². The summed E-state index contributed by atoms with van der Waals surface area (Å²) in [6, 6.07) is 0. The van der Waals surface area contributed by atoms with Crippen molar-refractivity contribution in [1.29, 1.82) is 0 Å². The lowest BCUT2D eigenvalue weighted by atomic mass is 9.46. The smallest absolute Gasteiger partial charge is 0.0833 e. The maximum absolute atomic E-state index is 10.5. The SMILES string of the molecule is CC(C)CCC[C@@H](C)[C@H]1CC[C@H]2[C@@H]3C/C(=N\O)C4=C[C@@H](OC/C=C/CO[C@@H]5C=C6/C(=N/O)C[C@H]7[C@@H]8CC[C@H]([C@H](C)CCCC(C)C)[C@@]8(C)CC[C@@H]7[C@@]6(C)CC5)CC[C@]4(C)[C@H]3CC[C@]12C. The highest BCUT2D eigenvalue weighted by atomic mass is 16.5. The van der Waals surface area contributed by atoms with Gasteiger partial charge in [-0.1, -0.05) is 142 Å². The van der Waals surface area contributed by atoms with Crippen LogP contribution in [0.5, 0.6) is 0 Å². The number of fused-ring (bicyclic) bond motifs is 10. The Morgan fingerprint density at radius 1 is 0.547 bits per heavy atom. The fraction of sp³-hybridized carbons (Fsp3) is 0.862. The predicted octanol–water partition coefficient (Wildman–Crippen LogP) is 15.3. The molecule has 0 amide bonds. The Kier molecular flexibility index (Phi) is 14.9. The van der Waals surface area contributed by atoms with E-state index in [1.54, 1.807) is 0 Å². The van der Waals surface area contributed by atoms with E-state index in [1.807, 2.05) is 0 Å². The average molecular weight is 883 g/mol. The lowest BCUT2D eigenvalue weighted by Gasteiger charge is -2.59. The van der Waals surface area contributed by atoms with Crippen LogP contribution in [-0.4, -0.2) is 47.3 Å². The van der Waals surface area contributed by atoms with E-state index in [0.717, 1.165) is 97.3 Å². The van der Waals surface area contributed by atoms with Crippen molar-refractivity contribution in [2.75, 3.05) is 13.2 Å². The van der Waals surface area contributed by atoms with Crippen molar-refractivity contribution >= 4 is 11.4 Å². The molecule has 0 heterocycles. The van der Waals surface area contributed by atoms with Gasteiger partial charge in [0, 0.05) is 0 Å². The molecule has 6 fully saturated rings. The molecule has 8 aliphatic rings. The van der Waals surface area contributed by atoms with Gasteiger partial charge in [0.05, 0.1) is 36.8 Å². The minimum Gasteiger partial charge on any atom is -0.411 e. The van der Waals surface area contributed by atoms with Crippen LogP contribution < -0.4 is 0 Å². The molecule has 8 aliphatic carbocycles. The first kappa shape index (κ1) is 48.5. The van der Waals surface area contributed by atoms with Gasteiger partial charge < -0.3 is 19.9 Å². The van der Waals surface area contributed by atoms with Gasteiger partial charge in [0.1, 0.15) is 0 Å². The van der Waals surface area contributed by atoms with Gasteiger partial charge >= 0.3 is 0 Å². The molecule has 0 saturated heterocycles. The van der Waals surface area contributed by atoms with Gasteiger partial charge in [-0.15, -0.1) is 0 Å². The maximum atomic E-state index is 10.5. The van der Waals surface area contributed by atoms with Gasteiger partial charge in [0.25, 0.3) is 0 Å². The van der Waals surface area contributed by atoms with Crippen molar-refractivity contribution in [2.45, 2.75) is 210 Å². The van der Waals surface area contributed by atoms with Crippen molar-refractivity contribution in [3.8, 4) is 0 Å². The van der Waals surface area contributed by atoms with Crippen molar-refractivity contribution in [1.82, 2.24) is 0 Å². The summed E-state index contributed by atoms with van der Waals surface area (Å²) in [7, 11) is 0. The lowest BCUT2D eigenvalue weighted by molar-refractivity contribution is -0.0497. The second-order valence-corrected chi connectivity index (χ2v) is 25.6. The first-order valence-electron chi connectivity index (χ1n) is 27.3. The number of hydrogen-bond acceptors (Lipinski definition) is 6. The summed E-state index contributed by atoms with van der Waals surface area (Å²) in [6.07, 6.45) is 34.0. The summed E-state index contributed by atoms with van der Waals surface area (Å²) in [5, 5.41) is 29.1. The third-order valence-electron chi connectivity index (χ3n) is 21.4. The van der Waals surface area contributed by atoms with E-state index in [0.29, 0.717) is 47.7 Å². The topological polar surface area (TPSA) is 83.6 Å². The van der Waals surface area contributed by atoms with E-state index >= 15 is 0 Å². The Morgan fingerprint density at radius 3 is 1.33 bits per heavy atom. The van der Waals surface area contributed by atoms with E-state index in [4.69, 9.17) is 9.47 Å². The molecule has 0 unspecified atom stereocenters. The summed E-state index contributed by atoms with van der Waals surface area (Å²) in [5.74, 6) is 8.88. The van der Waals surface area contributed by atoms with E-state index in [2.05, 4.69) is 104 Å².